The molecule has 2 fully saturated rings. The third-order valence-corrected chi connectivity index (χ3v) is 8.01. The number of carbonyl (C=O) groups excluding carboxylic acids is 1. The van der Waals surface area contributed by atoms with Gasteiger partial charge in [-0.15, -0.1) is 11.3 Å². The van der Waals surface area contributed by atoms with Gasteiger partial charge in [0.15, 0.2) is 0 Å². The van der Waals surface area contributed by atoms with Gasteiger partial charge in [-0.05, 0) is 61.7 Å². The zero-order chi connectivity index (χ0) is 23.9. The van der Waals surface area contributed by atoms with Gasteiger partial charge >= 0.3 is 0 Å². The number of thiophene rings is 1. The molecule has 2 saturated heterocycles. The Hall–Kier alpha value is -2.76. The summed E-state index contributed by atoms with van der Waals surface area (Å²) in [4.78, 5) is 25.1. The third-order valence-electron chi connectivity index (χ3n) is 6.58. The standard InChI is InChI=1S/C23H28N6O3S2/c1-14-3-4-15(28-34(2,31)32)11-20(14)27-21(30)12-24-16-9-17-5-6-18(10-16)29(17)22-19-7-8-33-23(19)26-13-25-22/h3-4,7-8,11,13,16-18,24,28H,5-6,9-10,12H2,1-2H3,(H,27,30). The Labute approximate surface area is 203 Å². The van der Waals surface area contributed by atoms with Gasteiger partial charge in [0, 0.05) is 23.8 Å². The van der Waals surface area contributed by atoms with Crippen LogP contribution in [0.4, 0.5) is 17.2 Å². The Balaban J connectivity index is 1.19. The number of carbonyl (C=O) groups is 1. The van der Waals surface area contributed by atoms with Gasteiger partial charge in [0.05, 0.1) is 23.9 Å². The molecule has 0 spiro atoms. The lowest BCUT2D eigenvalue weighted by molar-refractivity contribution is -0.115. The van der Waals surface area contributed by atoms with E-state index in [2.05, 4.69) is 41.7 Å². The zero-order valence-corrected chi connectivity index (χ0v) is 20.7. The van der Waals surface area contributed by atoms with Crippen molar-refractivity contribution in [3.63, 3.8) is 0 Å². The van der Waals surface area contributed by atoms with Gasteiger partial charge in [0.1, 0.15) is 17.0 Å². The van der Waals surface area contributed by atoms with Crippen molar-refractivity contribution in [1.82, 2.24) is 15.3 Å². The zero-order valence-electron chi connectivity index (χ0n) is 19.1. The van der Waals surface area contributed by atoms with Gasteiger partial charge in [-0.3, -0.25) is 9.52 Å². The molecule has 4 heterocycles. The van der Waals surface area contributed by atoms with Crippen LogP contribution in [0.2, 0.25) is 0 Å². The molecule has 0 aliphatic carbocycles. The van der Waals surface area contributed by atoms with Crippen LogP contribution in [0.5, 0.6) is 0 Å². The monoisotopic (exact) mass is 500 g/mol. The Morgan fingerprint density at radius 3 is 2.68 bits per heavy atom. The molecule has 0 radical (unpaired) electrons. The first kappa shape index (κ1) is 23.0. The Morgan fingerprint density at radius 2 is 1.94 bits per heavy atom. The van der Waals surface area contributed by atoms with Gasteiger partial charge in [0.25, 0.3) is 0 Å². The molecule has 1 amide bonds. The first-order chi connectivity index (χ1) is 16.3. The number of benzene rings is 1. The van der Waals surface area contributed by atoms with Crippen molar-refractivity contribution in [2.45, 2.75) is 50.7 Å². The summed E-state index contributed by atoms with van der Waals surface area (Å²) in [6, 6.07) is 8.26. The van der Waals surface area contributed by atoms with Crippen LogP contribution < -0.4 is 20.3 Å². The predicted molar refractivity (Wildman–Crippen MR) is 136 cm³/mol. The van der Waals surface area contributed by atoms with E-state index in [1.807, 2.05) is 6.92 Å². The molecule has 1 aromatic carbocycles. The molecular formula is C23H28N6O3S2. The summed E-state index contributed by atoms with van der Waals surface area (Å²) < 4.78 is 25.4. The van der Waals surface area contributed by atoms with Crippen molar-refractivity contribution in [2.24, 2.45) is 0 Å². The van der Waals surface area contributed by atoms with Crippen LogP contribution in [0, 0.1) is 6.92 Å². The normalized spacial score (nSPS) is 22.2. The molecule has 2 unspecified atom stereocenters. The van der Waals surface area contributed by atoms with Crippen LogP contribution in [0.15, 0.2) is 36.0 Å². The molecule has 180 valence electrons. The highest BCUT2D eigenvalue weighted by Crippen LogP contribution is 2.41. The lowest BCUT2D eigenvalue weighted by Crippen LogP contribution is -2.50. The molecule has 2 aromatic heterocycles. The average molecular weight is 501 g/mol. The van der Waals surface area contributed by atoms with E-state index in [0.29, 0.717) is 23.5 Å². The van der Waals surface area contributed by atoms with Crippen molar-refractivity contribution in [2.75, 3.05) is 27.7 Å². The summed E-state index contributed by atoms with van der Waals surface area (Å²) in [6.45, 7) is 2.08. The van der Waals surface area contributed by atoms with E-state index in [0.717, 1.165) is 53.5 Å². The minimum atomic E-state index is -3.38. The van der Waals surface area contributed by atoms with E-state index in [1.165, 1.54) is 0 Å². The van der Waals surface area contributed by atoms with Crippen molar-refractivity contribution in [3.05, 3.63) is 41.5 Å². The summed E-state index contributed by atoms with van der Waals surface area (Å²) in [5.41, 5.74) is 1.88. The number of rotatable bonds is 7. The fraction of sp³-hybridized carbons (Fsp3) is 0.435. The number of nitrogens with zero attached hydrogens (tertiary/aromatic N) is 3. The van der Waals surface area contributed by atoms with Crippen LogP contribution in [0.3, 0.4) is 0 Å². The quantitative estimate of drug-likeness (QED) is 0.456. The van der Waals surface area contributed by atoms with E-state index >= 15 is 0 Å². The number of aryl methyl sites for hydroxylation is 1. The molecule has 2 atom stereocenters. The smallest absolute Gasteiger partial charge is 0.238 e. The molecule has 34 heavy (non-hydrogen) atoms. The minimum absolute atomic E-state index is 0.148. The highest BCUT2D eigenvalue weighted by atomic mass is 32.2. The molecule has 3 N–H and O–H groups in total. The SMILES string of the molecule is Cc1ccc(NS(C)(=O)=O)cc1NC(=O)CNC1CC2CCC(C1)N2c1ncnc2sccc12. The predicted octanol–water partition coefficient (Wildman–Crippen LogP) is 3.10. The van der Waals surface area contributed by atoms with Crippen LogP contribution in [-0.2, 0) is 14.8 Å². The molecule has 0 saturated carbocycles. The molecule has 3 aromatic rings. The van der Waals surface area contributed by atoms with E-state index in [9.17, 15) is 13.2 Å². The van der Waals surface area contributed by atoms with E-state index in [-0.39, 0.29) is 18.5 Å². The molecule has 2 aliphatic rings. The average Bonchev–Trinajstić information content (AvgIpc) is 3.35. The number of fused-ring (bicyclic) bond motifs is 3. The third kappa shape index (κ3) is 4.86. The molecule has 5 rings (SSSR count). The number of sulfonamides is 1. The number of hydrogen-bond donors (Lipinski definition) is 3. The summed E-state index contributed by atoms with van der Waals surface area (Å²) in [7, 11) is -3.38. The minimum Gasteiger partial charge on any atom is -0.350 e. The number of anilines is 3. The highest BCUT2D eigenvalue weighted by Gasteiger charge is 2.42. The van der Waals surface area contributed by atoms with Gasteiger partial charge in [-0.2, -0.15) is 0 Å². The summed E-state index contributed by atoms with van der Waals surface area (Å²) >= 11 is 1.64. The van der Waals surface area contributed by atoms with Gasteiger partial charge in [0.2, 0.25) is 15.9 Å². The molecule has 9 nitrogen and oxygen atoms in total. The molecule has 2 bridgehead atoms. The largest absolute Gasteiger partial charge is 0.350 e. The maximum Gasteiger partial charge on any atom is 0.238 e. The fourth-order valence-electron chi connectivity index (χ4n) is 5.14. The van der Waals surface area contributed by atoms with Gasteiger partial charge in [-0.25, -0.2) is 18.4 Å². The second kappa shape index (κ2) is 9.12. The number of hydrogen-bond acceptors (Lipinski definition) is 8. The Kier molecular flexibility index (Phi) is 6.17. The van der Waals surface area contributed by atoms with Crippen LogP contribution in [0.1, 0.15) is 31.2 Å². The number of piperidine rings is 1. The van der Waals surface area contributed by atoms with E-state index < -0.39 is 10.0 Å². The summed E-state index contributed by atoms with van der Waals surface area (Å²) in [5, 5.41) is 9.53. The van der Waals surface area contributed by atoms with Gasteiger partial charge < -0.3 is 15.5 Å². The van der Waals surface area contributed by atoms with Crippen molar-refractivity contribution < 1.29 is 13.2 Å². The van der Waals surface area contributed by atoms with Crippen molar-refractivity contribution in [3.8, 4) is 0 Å². The van der Waals surface area contributed by atoms with E-state index in [1.54, 1.807) is 35.9 Å². The number of aromatic nitrogens is 2. The maximum absolute atomic E-state index is 12.6. The highest BCUT2D eigenvalue weighted by molar-refractivity contribution is 7.92. The number of nitrogens with one attached hydrogen (secondary N) is 3. The van der Waals surface area contributed by atoms with Gasteiger partial charge in [-0.1, -0.05) is 6.07 Å². The summed E-state index contributed by atoms with van der Waals surface area (Å²) in [5.74, 6) is 0.887. The topological polar surface area (TPSA) is 116 Å². The number of amides is 1. The maximum atomic E-state index is 12.6. The lowest BCUT2D eigenvalue weighted by Gasteiger charge is -2.40. The van der Waals surface area contributed by atoms with Crippen LogP contribution in [0.25, 0.3) is 10.2 Å². The molecule has 2 aliphatic heterocycles. The lowest BCUT2D eigenvalue weighted by atomic mass is 9.97. The van der Waals surface area contributed by atoms with Crippen molar-refractivity contribution >= 4 is 54.7 Å². The first-order valence-corrected chi connectivity index (χ1v) is 14.1. The Bertz CT molecular complexity index is 1310. The van der Waals surface area contributed by atoms with Crippen molar-refractivity contribution in [1.29, 1.82) is 0 Å². The Morgan fingerprint density at radius 1 is 1.18 bits per heavy atom. The van der Waals surface area contributed by atoms with Crippen LogP contribution >= 0.6 is 11.3 Å². The second-order valence-electron chi connectivity index (χ2n) is 9.13. The first-order valence-electron chi connectivity index (χ1n) is 11.3. The summed E-state index contributed by atoms with van der Waals surface area (Å²) in [6.07, 6.45) is 6.94. The molecule has 11 heteroatoms. The fourth-order valence-corrected chi connectivity index (χ4v) is 6.42. The van der Waals surface area contributed by atoms with Crippen LogP contribution in [-0.4, -0.2) is 55.2 Å². The second-order valence-corrected chi connectivity index (χ2v) is 11.8. The van der Waals surface area contributed by atoms with E-state index in [4.69, 9.17) is 0 Å². The molecular weight excluding hydrogens is 472 g/mol.